The number of ketones is 1. The molecule has 2 fully saturated rings. The van der Waals surface area contributed by atoms with Crippen LogP contribution in [-0.4, -0.2) is 31.7 Å². The van der Waals surface area contributed by atoms with Crippen LogP contribution in [0.2, 0.25) is 0 Å². The molecule has 7 heteroatoms. The molecule has 1 aromatic heterocycles. The summed E-state index contributed by atoms with van der Waals surface area (Å²) in [6, 6.07) is 7.63. The molecule has 1 aromatic carbocycles. The lowest BCUT2D eigenvalue weighted by atomic mass is 9.95. The minimum Gasteiger partial charge on any atom is -0.326 e. The van der Waals surface area contributed by atoms with E-state index in [1.807, 2.05) is 27.7 Å². The van der Waals surface area contributed by atoms with Crippen LogP contribution in [0.1, 0.15) is 81.5 Å². The van der Waals surface area contributed by atoms with Crippen molar-refractivity contribution in [3.63, 3.8) is 0 Å². The van der Waals surface area contributed by atoms with Gasteiger partial charge >= 0.3 is 0 Å². The zero-order valence-corrected chi connectivity index (χ0v) is 18.3. The van der Waals surface area contributed by atoms with Crippen molar-refractivity contribution in [3.8, 4) is 0 Å². The number of Topliss-reactive ketones (excluding diaryl/α,β-unsaturated/α-hetero) is 1. The molecule has 4 rings (SSSR count). The number of carbonyl (C=O) groups excluding carboxylic acids is 2. The highest BCUT2D eigenvalue weighted by atomic mass is 32.2. The second kappa shape index (κ2) is 7.59. The van der Waals surface area contributed by atoms with E-state index in [1.165, 1.54) is 37.4 Å². The van der Waals surface area contributed by atoms with Crippen LogP contribution in [0.3, 0.4) is 0 Å². The Morgan fingerprint density at radius 2 is 1.76 bits per heavy atom. The van der Waals surface area contributed by atoms with Crippen molar-refractivity contribution in [2.24, 2.45) is 5.41 Å². The monoisotopic (exact) mass is 412 g/mol. The highest BCUT2D eigenvalue weighted by Crippen LogP contribution is 2.46. The van der Waals surface area contributed by atoms with Crippen LogP contribution in [0, 0.1) is 5.41 Å². The molecule has 154 valence electrons. The Morgan fingerprint density at radius 3 is 2.31 bits per heavy atom. The highest BCUT2D eigenvalue weighted by Gasteiger charge is 2.37. The normalized spacial score (nSPS) is 17.8. The molecule has 0 aliphatic heterocycles. The Kier molecular flexibility index (Phi) is 5.27. The molecule has 1 heterocycles. The van der Waals surface area contributed by atoms with Gasteiger partial charge in [0, 0.05) is 28.6 Å². The van der Waals surface area contributed by atoms with Gasteiger partial charge in [0.15, 0.2) is 10.9 Å². The lowest BCUT2D eigenvalue weighted by Crippen LogP contribution is -2.27. The molecule has 0 spiro atoms. The number of amides is 1. The Labute approximate surface area is 175 Å². The molecule has 2 aromatic rings. The number of aromatic nitrogens is 3. The van der Waals surface area contributed by atoms with E-state index in [1.54, 1.807) is 24.3 Å². The van der Waals surface area contributed by atoms with E-state index in [2.05, 4.69) is 20.1 Å². The predicted molar refractivity (Wildman–Crippen MR) is 114 cm³/mol. The fraction of sp³-hybridized carbons (Fsp3) is 0.545. The number of carbonyl (C=O) groups is 2. The van der Waals surface area contributed by atoms with Crippen LogP contribution >= 0.6 is 11.8 Å². The lowest BCUT2D eigenvalue weighted by molar-refractivity contribution is -0.123. The van der Waals surface area contributed by atoms with E-state index < -0.39 is 5.41 Å². The van der Waals surface area contributed by atoms with Crippen LogP contribution in [0.15, 0.2) is 29.4 Å². The first-order chi connectivity index (χ1) is 13.7. The highest BCUT2D eigenvalue weighted by molar-refractivity contribution is 8.00. The van der Waals surface area contributed by atoms with Crippen LogP contribution in [-0.2, 0) is 4.79 Å². The summed E-state index contributed by atoms with van der Waals surface area (Å²) >= 11 is 1.50. The summed E-state index contributed by atoms with van der Waals surface area (Å²) in [7, 11) is 0. The molecule has 0 unspecified atom stereocenters. The van der Waals surface area contributed by atoms with Crippen molar-refractivity contribution < 1.29 is 9.59 Å². The molecule has 6 nitrogen and oxygen atoms in total. The van der Waals surface area contributed by atoms with E-state index in [-0.39, 0.29) is 16.9 Å². The first kappa shape index (κ1) is 20.1. The minimum atomic E-state index is -0.462. The topological polar surface area (TPSA) is 76.9 Å². The average Bonchev–Trinajstić information content (AvgIpc) is 3.60. The van der Waals surface area contributed by atoms with E-state index in [9.17, 15) is 9.59 Å². The summed E-state index contributed by atoms with van der Waals surface area (Å²) in [5.41, 5.74) is 0.874. The number of hydrogen-bond donors (Lipinski definition) is 1. The lowest BCUT2D eigenvalue weighted by Gasteiger charge is -2.18. The number of thioether (sulfide) groups is 1. The van der Waals surface area contributed by atoms with E-state index in [4.69, 9.17) is 0 Å². The maximum atomic E-state index is 12.9. The van der Waals surface area contributed by atoms with Gasteiger partial charge in [-0.25, -0.2) is 0 Å². The Hall–Kier alpha value is -2.15. The van der Waals surface area contributed by atoms with Crippen molar-refractivity contribution >= 4 is 29.1 Å². The molecule has 2 saturated carbocycles. The van der Waals surface area contributed by atoms with Crippen LogP contribution in [0.4, 0.5) is 5.69 Å². The Bertz CT molecular complexity index is 921. The summed E-state index contributed by atoms with van der Waals surface area (Å²) in [6.07, 6.45) is 4.75. The van der Waals surface area contributed by atoms with Gasteiger partial charge in [0.1, 0.15) is 5.82 Å². The first-order valence-corrected chi connectivity index (χ1v) is 11.2. The molecule has 2 aliphatic carbocycles. The van der Waals surface area contributed by atoms with Crippen LogP contribution < -0.4 is 5.32 Å². The third-order valence-electron chi connectivity index (χ3n) is 5.31. The van der Waals surface area contributed by atoms with Gasteiger partial charge in [0.25, 0.3) is 0 Å². The zero-order chi connectivity index (χ0) is 20.8. The third-order valence-corrected chi connectivity index (χ3v) is 6.36. The summed E-state index contributed by atoms with van der Waals surface area (Å²) in [5, 5.41) is 12.3. The standard InChI is InChI=1S/C22H28N4O2S/c1-13(29-21-25-24-19(15-5-6-15)26(21)17-11-12-17)18(27)14-7-9-16(10-8-14)23-20(28)22(2,3)4/h7-10,13,15,17H,5-6,11-12H2,1-4H3,(H,23,28)/t13-/m0/s1. The van der Waals surface area contributed by atoms with E-state index in [0.29, 0.717) is 23.2 Å². The average molecular weight is 413 g/mol. The maximum Gasteiger partial charge on any atom is 0.229 e. The Morgan fingerprint density at radius 1 is 1.10 bits per heavy atom. The Balaban J connectivity index is 1.43. The fourth-order valence-corrected chi connectivity index (χ4v) is 4.15. The van der Waals surface area contributed by atoms with E-state index >= 15 is 0 Å². The molecular weight excluding hydrogens is 384 g/mol. The summed E-state index contributed by atoms with van der Waals surface area (Å²) in [6.45, 7) is 7.53. The van der Waals surface area contributed by atoms with Crippen molar-refractivity contribution in [2.45, 2.75) is 75.7 Å². The fourth-order valence-electron chi connectivity index (χ4n) is 3.15. The molecule has 1 amide bonds. The summed E-state index contributed by atoms with van der Waals surface area (Å²) in [4.78, 5) is 25.0. The van der Waals surface area contributed by atoms with Gasteiger partial charge in [0.2, 0.25) is 5.91 Å². The van der Waals surface area contributed by atoms with Crippen molar-refractivity contribution in [1.29, 1.82) is 0 Å². The second-order valence-corrected chi connectivity index (χ2v) is 10.4. The van der Waals surface area contributed by atoms with Gasteiger partial charge in [-0.2, -0.15) is 0 Å². The van der Waals surface area contributed by atoms with Gasteiger partial charge in [-0.15, -0.1) is 10.2 Å². The quantitative estimate of drug-likeness (QED) is 0.520. The van der Waals surface area contributed by atoms with Crippen LogP contribution in [0.5, 0.6) is 0 Å². The second-order valence-electron chi connectivity index (χ2n) is 9.12. The van der Waals surface area contributed by atoms with Crippen molar-refractivity contribution in [3.05, 3.63) is 35.7 Å². The molecule has 1 atom stereocenters. The van der Waals surface area contributed by atoms with Crippen molar-refractivity contribution in [1.82, 2.24) is 14.8 Å². The molecule has 0 saturated heterocycles. The number of rotatable bonds is 7. The molecule has 29 heavy (non-hydrogen) atoms. The molecular formula is C22H28N4O2S. The number of nitrogens with zero attached hydrogens (tertiary/aromatic N) is 3. The third kappa shape index (κ3) is 4.55. The molecule has 2 aliphatic rings. The predicted octanol–water partition coefficient (Wildman–Crippen LogP) is 4.84. The van der Waals surface area contributed by atoms with Gasteiger partial charge in [-0.3, -0.25) is 9.59 Å². The van der Waals surface area contributed by atoms with Gasteiger partial charge in [-0.05, 0) is 56.9 Å². The van der Waals surface area contributed by atoms with E-state index in [0.717, 1.165) is 11.0 Å². The zero-order valence-electron chi connectivity index (χ0n) is 17.4. The number of anilines is 1. The van der Waals surface area contributed by atoms with Crippen molar-refractivity contribution in [2.75, 3.05) is 5.32 Å². The van der Waals surface area contributed by atoms with Gasteiger partial charge in [-0.1, -0.05) is 32.5 Å². The number of nitrogens with one attached hydrogen (secondary N) is 1. The summed E-state index contributed by atoms with van der Waals surface area (Å²) < 4.78 is 2.28. The summed E-state index contributed by atoms with van der Waals surface area (Å²) in [5.74, 6) is 1.67. The first-order valence-electron chi connectivity index (χ1n) is 10.3. The molecule has 0 radical (unpaired) electrons. The van der Waals surface area contributed by atoms with Gasteiger partial charge < -0.3 is 9.88 Å². The largest absolute Gasteiger partial charge is 0.326 e. The number of benzene rings is 1. The SMILES string of the molecule is C[C@H](Sc1nnc(C2CC2)n1C1CC1)C(=O)c1ccc(NC(=O)C(C)(C)C)cc1. The maximum absolute atomic E-state index is 12.9. The minimum absolute atomic E-state index is 0.0496. The van der Waals surface area contributed by atoms with Gasteiger partial charge in [0.05, 0.1) is 5.25 Å². The molecule has 1 N–H and O–H groups in total. The molecule has 0 bridgehead atoms. The smallest absolute Gasteiger partial charge is 0.229 e. The van der Waals surface area contributed by atoms with Crippen LogP contribution in [0.25, 0.3) is 0 Å². The number of hydrogen-bond acceptors (Lipinski definition) is 5.